The number of unbranched alkanes of at least 4 members (excludes halogenated alkanes) is 14. The Balaban J connectivity index is 1.60. The van der Waals surface area contributed by atoms with E-state index in [1.165, 1.54) is 109 Å². The quantitative estimate of drug-likeness (QED) is 0.186. The molecule has 0 aromatic carbocycles. The molecular weight excluding hydrogens is 280 g/mol. The van der Waals surface area contributed by atoms with Gasteiger partial charge in [-0.1, -0.05) is 117 Å². The molecule has 1 saturated heterocycles. The minimum absolute atomic E-state index is 0.648. The first-order chi connectivity index (χ1) is 11.3. The van der Waals surface area contributed by atoms with Crippen molar-refractivity contribution < 1.29 is 4.74 Å². The van der Waals surface area contributed by atoms with Crippen molar-refractivity contribution in [2.45, 2.75) is 129 Å². The first-order valence-electron chi connectivity index (χ1n) is 10.9. The molecule has 0 bridgehead atoms. The fourth-order valence-corrected chi connectivity index (χ4v) is 3.46. The van der Waals surface area contributed by atoms with E-state index in [1.807, 2.05) is 0 Å². The summed E-state index contributed by atoms with van der Waals surface area (Å²) in [5.74, 6) is 0.896. The standard InChI is InChI=1S/C22H44O/c1-21(2)18-16-14-12-10-8-6-4-3-5-7-9-11-13-15-17-19-22-20-23-22/h21-22H,3-20H2,1-2H3. The molecule has 1 fully saturated rings. The van der Waals surface area contributed by atoms with Crippen LogP contribution in [0.25, 0.3) is 0 Å². The summed E-state index contributed by atoms with van der Waals surface area (Å²) in [6.45, 7) is 5.72. The van der Waals surface area contributed by atoms with E-state index < -0.39 is 0 Å². The fraction of sp³-hybridized carbons (Fsp3) is 1.00. The highest BCUT2D eigenvalue weighted by Crippen LogP contribution is 2.18. The summed E-state index contributed by atoms with van der Waals surface area (Å²) < 4.78 is 5.24. The van der Waals surface area contributed by atoms with E-state index in [2.05, 4.69) is 13.8 Å². The first kappa shape index (κ1) is 21.0. The van der Waals surface area contributed by atoms with E-state index in [9.17, 15) is 0 Å². The van der Waals surface area contributed by atoms with Crippen molar-refractivity contribution in [1.82, 2.24) is 0 Å². The summed E-state index contributed by atoms with van der Waals surface area (Å²) >= 11 is 0. The van der Waals surface area contributed by atoms with Crippen LogP contribution in [-0.4, -0.2) is 12.7 Å². The Morgan fingerprint density at radius 2 is 0.957 bits per heavy atom. The van der Waals surface area contributed by atoms with Crippen LogP contribution in [0, 0.1) is 5.92 Å². The molecule has 1 unspecified atom stereocenters. The maximum atomic E-state index is 5.24. The number of hydrogen-bond donors (Lipinski definition) is 0. The lowest BCUT2D eigenvalue weighted by atomic mass is 10.0. The molecule has 0 N–H and O–H groups in total. The van der Waals surface area contributed by atoms with E-state index in [4.69, 9.17) is 4.74 Å². The van der Waals surface area contributed by atoms with Crippen molar-refractivity contribution in [3.63, 3.8) is 0 Å². The molecule has 0 aromatic heterocycles. The van der Waals surface area contributed by atoms with Crippen molar-refractivity contribution in [3.8, 4) is 0 Å². The van der Waals surface area contributed by atoms with Gasteiger partial charge in [0, 0.05) is 0 Å². The lowest BCUT2D eigenvalue weighted by Gasteiger charge is -2.05. The molecule has 1 aliphatic heterocycles. The summed E-state index contributed by atoms with van der Waals surface area (Å²) in [7, 11) is 0. The molecule has 1 nitrogen and oxygen atoms in total. The van der Waals surface area contributed by atoms with Gasteiger partial charge in [0.15, 0.2) is 0 Å². The topological polar surface area (TPSA) is 12.5 Å². The average molecular weight is 325 g/mol. The molecule has 23 heavy (non-hydrogen) atoms. The minimum atomic E-state index is 0.648. The predicted octanol–water partition coefficient (Wildman–Crippen LogP) is 7.67. The summed E-state index contributed by atoms with van der Waals surface area (Å²) in [5, 5.41) is 0. The van der Waals surface area contributed by atoms with Crippen molar-refractivity contribution >= 4 is 0 Å². The van der Waals surface area contributed by atoms with Crippen molar-refractivity contribution in [3.05, 3.63) is 0 Å². The first-order valence-corrected chi connectivity index (χ1v) is 10.9. The van der Waals surface area contributed by atoms with Crippen LogP contribution in [0.3, 0.4) is 0 Å². The zero-order valence-electron chi connectivity index (χ0n) is 16.3. The highest BCUT2D eigenvalue weighted by molar-refractivity contribution is 4.68. The van der Waals surface area contributed by atoms with Gasteiger partial charge in [0.25, 0.3) is 0 Å². The molecular formula is C22H44O. The van der Waals surface area contributed by atoms with E-state index in [0.29, 0.717) is 6.10 Å². The van der Waals surface area contributed by atoms with Gasteiger partial charge in [-0.3, -0.25) is 0 Å². The molecule has 1 rings (SSSR count). The molecule has 0 radical (unpaired) electrons. The molecule has 0 aromatic rings. The van der Waals surface area contributed by atoms with Gasteiger partial charge < -0.3 is 4.74 Å². The van der Waals surface area contributed by atoms with Crippen LogP contribution in [0.4, 0.5) is 0 Å². The molecule has 0 saturated carbocycles. The SMILES string of the molecule is CC(C)CCCCCCCCCCCCCCCCCC1CO1. The van der Waals surface area contributed by atoms with Gasteiger partial charge in [-0.25, -0.2) is 0 Å². The monoisotopic (exact) mass is 324 g/mol. The van der Waals surface area contributed by atoms with Crippen LogP contribution in [0.2, 0.25) is 0 Å². The van der Waals surface area contributed by atoms with Gasteiger partial charge in [0.1, 0.15) is 0 Å². The van der Waals surface area contributed by atoms with Gasteiger partial charge in [-0.05, 0) is 12.3 Å². The van der Waals surface area contributed by atoms with E-state index >= 15 is 0 Å². The zero-order chi connectivity index (χ0) is 16.6. The van der Waals surface area contributed by atoms with Gasteiger partial charge >= 0.3 is 0 Å². The zero-order valence-corrected chi connectivity index (χ0v) is 16.3. The molecule has 138 valence electrons. The Labute approximate surface area is 147 Å². The Morgan fingerprint density at radius 3 is 1.30 bits per heavy atom. The number of ether oxygens (including phenoxy) is 1. The second-order valence-electron chi connectivity index (χ2n) is 8.23. The van der Waals surface area contributed by atoms with Crippen LogP contribution in [0.5, 0.6) is 0 Å². The summed E-state index contributed by atoms with van der Waals surface area (Å²) in [5.41, 5.74) is 0. The molecule has 1 atom stereocenters. The maximum absolute atomic E-state index is 5.24. The molecule has 0 aliphatic carbocycles. The van der Waals surface area contributed by atoms with E-state index in [1.54, 1.807) is 0 Å². The van der Waals surface area contributed by atoms with Crippen LogP contribution in [0.1, 0.15) is 123 Å². The number of epoxide rings is 1. The van der Waals surface area contributed by atoms with Crippen molar-refractivity contribution in [2.75, 3.05) is 6.61 Å². The highest BCUT2D eigenvalue weighted by atomic mass is 16.6. The van der Waals surface area contributed by atoms with Crippen LogP contribution >= 0.6 is 0 Å². The Kier molecular flexibility index (Phi) is 14.1. The van der Waals surface area contributed by atoms with Crippen LogP contribution in [-0.2, 0) is 4.74 Å². The molecule has 0 amide bonds. The van der Waals surface area contributed by atoms with Crippen molar-refractivity contribution in [2.24, 2.45) is 5.92 Å². The lowest BCUT2D eigenvalue weighted by Crippen LogP contribution is -1.87. The third kappa shape index (κ3) is 16.6. The lowest BCUT2D eigenvalue weighted by molar-refractivity contribution is 0.387. The second-order valence-corrected chi connectivity index (χ2v) is 8.23. The smallest absolute Gasteiger partial charge is 0.0810 e. The van der Waals surface area contributed by atoms with E-state index in [0.717, 1.165) is 12.5 Å². The van der Waals surface area contributed by atoms with Gasteiger partial charge in [-0.2, -0.15) is 0 Å². The van der Waals surface area contributed by atoms with Gasteiger partial charge in [0.2, 0.25) is 0 Å². The summed E-state index contributed by atoms with van der Waals surface area (Å²) in [6, 6.07) is 0. The molecule has 1 aliphatic rings. The highest BCUT2D eigenvalue weighted by Gasteiger charge is 2.20. The average Bonchev–Trinajstić information content (AvgIpc) is 3.34. The van der Waals surface area contributed by atoms with E-state index in [-0.39, 0.29) is 0 Å². The number of rotatable bonds is 18. The van der Waals surface area contributed by atoms with Crippen molar-refractivity contribution in [1.29, 1.82) is 0 Å². The second kappa shape index (κ2) is 15.5. The maximum Gasteiger partial charge on any atom is 0.0810 e. The van der Waals surface area contributed by atoms with Gasteiger partial charge in [0.05, 0.1) is 12.7 Å². The third-order valence-electron chi connectivity index (χ3n) is 5.21. The van der Waals surface area contributed by atoms with Crippen LogP contribution in [0.15, 0.2) is 0 Å². The molecule has 1 heterocycles. The minimum Gasteiger partial charge on any atom is -0.373 e. The summed E-state index contributed by atoms with van der Waals surface area (Å²) in [6.07, 6.45) is 25.3. The number of hydrogen-bond acceptors (Lipinski definition) is 1. The Bertz CT molecular complexity index is 216. The molecule has 1 heteroatoms. The van der Waals surface area contributed by atoms with Crippen LogP contribution < -0.4 is 0 Å². The van der Waals surface area contributed by atoms with Gasteiger partial charge in [-0.15, -0.1) is 0 Å². The third-order valence-corrected chi connectivity index (χ3v) is 5.21. The fourth-order valence-electron chi connectivity index (χ4n) is 3.46. The normalized spacial score (nSPS) is 17.1. The Hall–Kier alpha value is -0.0400. The Morgan fingerprint density at radius 1 is 0.609 bits per heavy atom. The molecule has 0 spiro atoms. The summed E-state index contributed by atoms with van der Waals surface area (Å²) in [4.78, 5) is 0. The largest absolute Gasteiger partial charge is 0.373 e. The predicted molar refractivity (Wildman–Crippen MR) is 103 cm³/mol.